The Morgan fingerprint density at radius 2 is 1.75 bits per heavy atom. The van der Waals surface area contributed by atoms with Crippen LogP contribution in [0.5, 0.6) is 0 Å². The number of rotatable bonds is 2. The molecule has 0 aliphatic carbocycles. The predicted octanol–water partition coefficient (Wildman–Crippen LogP) is 2.84. The average molecular weight is 269 g/mol. The molecule has 3 rings (SSSR count). The smallest absolute Gasteiger partial charge is 0.292 e. The lowest BCUT2D eigenvalue weighted by atomic mass is 10.1. The van der Waals surface area contributed by atoms with Gasteiger partial charge in [-0.05, 0) is 17.7 Å². The molecule has 0 saturated carbocycles. The maximum Gasteiger partial charge on any atom is 0.292 e. The molecule has 1 heterocycles. The molecule has 0 amide bonds. The van der Waals surface area contributed by atoms with Gasteiger partial charge in [0.2, 0.25) is 0 Å². The van der Waals surface area contributed by atoms with Crippen molar-refractivity contribution in [3.8, 4) is 0 Å². The van der Waals surface area contributed by atoms with Gasteiger partial charge in [-0.3, -0.25) is 10.1 Å². The molecule has 0 atom stereocenters. The highest BCUT2D eigenvalue weighted by Crippen LogP contribution is 2.35. The van der Waals surface area contributed by atoms with Crippen LogP contribution in [0, 0.1) is 10.1 Å². The van der Waals surface area contributed by atoms with E-state index in [1.165, 1.54) is 0 Å². The zero-order valence-corrected chi connectivity index (χ0v) is 11.0. The molecular weight excluding hydrogens is 254 g/mol. The second-order valence-corrected chi connectivity index (χ2v) is 4.70. The van der Waals surface area contributed by atoms with Gasteiger partial charge in [0, 0.05) is 31.4 Å². The van der Waals surface area contributed by atoms with Crippen LogP contribution in [0.2, 0.25) is 0 Å². The van der Waals surface area contributed by atoms with Crippen molar-refractivity contribution >= 4 is 17.1 Å². The Morgan fingerprint density at radius 3 is 2.55 bits per heavy atom. The summed E-state index contributed by atoms with van der Waals surface area (Å²) in [5, 5.41) is 14.6. The fourth-order valence-corrected chi connectivity index (χ4v) is 2.56. The Labute approximate surface area is 117 Å². The highest BCUT2D eigenvalue weighted by Gasteiger charge is 2.22. The summed E-state index contributed by atoms with van der Waals surface area (Å²) in [7, 11) is 0. The Kier molecular flexibility index (Phi) is 3.35. The lowest BCUT2D eigenvalue weighted by Crippen LogP contribution is -2.25. The van der Waals surface area contributed by atoms with E-state index in [2.05, 4.69) is 11.4 Å². The van der Waals surface area contributed by atoms with Crippen molar-refractivity contribution in [3.63, 3.8) is 0 Å². The Bertz CT molecular complexity index is 643. The number of nitrogens with one attached hydrogen (secondary N) is 1. The van der Waals surface area contributed by atoms with Crippen molar-refractivity contribution in [2.45, 2.75) is 6.54 Å². The molecular formula is C15H15N3O2. The van der Waals surface area contributed by atoms with Crippen LogP contribution < -0.4 is 10.2 Å². The summed E-state index contributed by atoms with van der Waals surface area (Å²) in [6.07, 6.45) is 0. The van der Waals surface area contributed by atoms with Crippen molar-refractivity contribution in [1.29, 1.82) is 0 Å². The van der Waals surface area contributed by atoms with Crippen LogP contribution in [0.3, 0.4) is 0 Å². The topological polar surface area (TPSA) is 58.4 Å². The summed E-state index contributed by atoms with van der Waals surface area (Å²) >= 11 is 0. The standard InChI is InChI=1S/C15H15N3O2/c19-18(20)15-8-4-3-7-14(15)17-10-9-16-11-12-5-1-2-6-13(12)17/h1-8,16H,9-11H2. The van der Waals surface area contributed by atoms with Crippen LogP contribution in [0.25, 0.3) is 0 Å². The van der Waals surface area contributed by atoms with Gasteiger partial charge in [-0.2, -0.15) is 0 Å². The largest absolute Gasteiger partial charge is 0.334 e. The first-order chi connectivity index (χ1) is 9.77. The highest BCUT2D eigenvalue weighted by atomic mass is 16.6. The van der Waals surface area contributed by atoms with E-state index in [4.69, 9.17) is 0 Å². The lowest BCUT2D eigenvalue weighted by molar-refractivity contribution is -0.384. The van der Waals surface area contributed by atoms with Crippen molar-refractivity contribution in [1.82, 2.24) is 5.32 Å². The van der Waals surface area contributed by atoms with Crippen LogP contribution in [-0.4, -0.2) is 18.0 Å². The molecule has 0 radical (unpaired) electrons. The van der Waals surface area contributed by atoms with Crippen LogP contribution in [-0.2, 0) is 6.54 Å². The van der Waals surface area contributed by atoms with Gasteiger partial charge >= 0.3 is 0 Å². The van der Waals surface area contributed by atoms with E-state index in [1.807, 2.05) is 29.2 Å². The van der Waals surface area contributed by atoms with Crippen molar-refractivity contribution in [3.05, 3.63) is 64.2 Å². The summed E-state index contributed by atoms with van der Waals surface area (Å²) in [6, 6.07) is 14.9. The van der Waals surface area contributed by atoms with Gasteiger partial charge in [0.25, 0.3) is 5.69 Å². The molecule has 1 aliphatic heterocycles. The first kappa shape index (κ1) is 12.6. The van der Waals surface area contributed by atoms with Crippen LogP contribution in [0.15, 0.2) is 48.5 Å². The number of nitro benzene ring substituents is 1. The first-order valence-corrected chi connectivity index (χ1v) is 6.57. The number of nitrogens with zero attached hydrogens (tertiary/aromatic N) is 2. The van der Waals surface area contributed by atoms with E-state index in [1.54, 1.807) is 18.2 Å². The van der Waals surface area contributed by atoms with Gasteiger partial charge in [0.15, 0.2) is 0 Å². The fraction of sp³-hybridized carbons (Fsp3) is 0.200. The quantitative estimate of drug-likeness (QED) is 0.672. The molecule has 1 N–H and O–H groups in total. The van der Waals surface area contributed by atoms with Gasteiger partial charge in [0.1, 0.15) is 5.69 Å². The number of hydrogen-bond acceptors (Lipinski definition) is 4. The van der Waals surface area contributed by atoms with Crippen molar-refractivity contribution < 1.29 is 4.92 Å². The van der Waals surface area contributed by atoms with Crippen LogP contribution >= 0.6 is 0 Å². The zero-order valence-electron chi connectivity index (χ0n) is 11.0. The van der Waals surface area contributed by atoms with E-state index in [9.17, 15) is 10.1 Å². The van der Waals surface area contributed by atoms with E-state index < -0.39 is 0 Å². The summed E-state index contributed by atoms with van der Waals surface area (Å²) in [5.41, 5.74) is 2.98. The predicted molar refractivity (Wildman–Crippen MR) is 78.3 cm³/mol. The Morgan fingerprint density at radius 1 is 1.05 bits per heavy atom. The maximum atomic E-state index is 11.2. The molecule has 20 heavy (non-hydrogen) atoms. The Hall–Kier alpha value is -2.40. The molecule has 102 valence electrons. The molecule has 0 unspecified atom stereocenters. The molecule has 5 nitrogen and oxygen atoms in total. The average Bonchev–Trinajstić information content (AvgIpc) is 2.69. The monoisotopic (exact) mass is 269 g/mol. The van der Waals surface area contributed by atoms with E-state index in [0.29, 0.717) is 12.2 Å². The molecule has 2 aromatic rings. The third kappa shape index (κ3) is 2.23. The minimum atomic E-state index is -0.323. The minimum absolute atomic E-state index is 0.143. The second-order valence-electron chi connectivity index (χ2n) is 4.70. The number of fused-ring (bicyclic) bond motifs is 1. The number of hydrogen-bond donors (Lipinski definition) is 1. The van der Waals surface area contributed by atoms with Crippen molar-refractivity contribution in [2.75, 3.05) is 18.0 Å². The summed E-state index contributed by atoms with van der Waals surface area (Å²) < 4.78 is 0. The third-order valence-corrected chi connectivity index (χ3v) is 3.48. The maximum absolute atomic E-state index is 11.2. The molecule has 0 bridgehead atoms. The molecule has 0 spiro atoms. The number of para-hydroxylation sites is 3. The molecule has 0 saturated heterocycles. The molecule has 0 aromatic heterocycles. The highest BCUT2D eigenvalue weighted by molar-refractivity contribution is 5.74. The third-order valence-electron chi connectivity index (χ3n) is 3.48. The molecule has 1 aliphatic rings. The van der Waals surface area contributed by atoms with Crippen molar-refractivity contribution in [2.24, 2.45) is 0 Å². The summed E-state index contributed by atoms with van der Waals surface area (Å²) in [6.45, 7) is 2.29. The molecule has 5 heteroatoms. The normalized spacial score (nSPS) is 14.5. The zero-order chi connectivity index (χ0) is 13.9. The van der Waals surface area contributed by atoms with Crippen LogP contribution in [0.1, 0.15) is 5.56 Å². The van der Waals surface area contributed by atoms with E-state index >= 15 is 0 Å². The second kappa shape index (κ2) is 5.30. The van der Waals surface area contributed by atoms with Gasteiger partial charge in [-0.1, -0.05) is 30.3 Å². The molecule has 2 aromatic carbocycles. The summed E-state index contributed by atoms with van der Waals surface area (Å²) in [4.78, 5) is 12.9. The van der Waals surface area contributed by atoms with E-state index in [0.717, 1.165) is 24.3 Å². The number of anilines is 2. The summed E-state index contributed by atoms with van der Waals surface area (Å²) in [5.74, 6) is 0. The lowest BCUT2D eigenvalue weighted by Gasteiger charge is -2.24. The van der Waals surface area contributed by atoms with Crippen LogP contribution in [0.4, 0.5) is 17.1 Å². The number of nitro groups is 1. The SMILES string of the molecule is O=[N+]([O-])c1ccccc1N1CCNCc2ccccc21. The van der Waals surface area contributed by atoms with E-state index in [-0.39, 0.29) is 10.6 Å². The molecule has 0 fully saturated rings. The van der Waals surface area contributed by atoms with Gasteiger partial charge < -0.3 is 10.2 Å². The van der Waals surface area contributed by atoms with Gasteiger partial charge in [-0.15, -0.1) is 0 Å². The van der Waals surface area contributed by atoms with Gasteiger partial charge in [-0.25, -0.2) is 0 Å². The minimum Gasteiger partial charge on any atom is -0.334 e. The van der Waals surface area contributed by atoms with Gasteiger partial charge in [0.05, 0.1) is 4.92 Å². The Balaban J connectivity index is 2.13. The first-order valence-electron chi connectivity index (χ1n) is 6.57. The fourth-order valence-electron chi connectivity index (χ4n) is 2.56. The number of benzene rings is 2.